The smallest absolute Gasteiger partial charge is 0.203 e. The first-order valence-electron chi connectivity index (χ1n) is 26.2. The number of anilines is 1. The van der Waals surface area contributed by atoms with Crippen molar-refractivity contribution >= 4 is 39.5 Å². The van der Waals surface area contributed by atoms with E-state index in [0.717, 1.165) is 133 Å². The Morgan fingerprint density at radius 2 is 1.52 bits per heavy atom. The SMILES string of the molecule is CNc1nc2cc(OC[C@H](O)CN3CCC3)c(OC)cc2n1C1CC2(C1)C(N)=Nc1cc(C#CCN3CCCC3C3CCN(CCCOc4cc5nc(C)n(C6CCCC6)c5cc4OC)C3)c(OC)cc12. The summed E-state index contributed by atoms with van der Waals surface area (Å²) < 4.78 is 34.8. The number of imidazole rings is 2. The van der Waals surface area contributed by atoms with Crippen molar-refractivity contribution in [3.63, 3.8) is 0 Å². The number of aryl methyl sites for hydroxylation is 1. The third-order valence-corrected chi connectivity index (χ3v) is 16.6. The van der Waals surface area contributed by atoms with Crippen LogP contribution in [0.15, 0.2) is 41.4 Å². The first-order valence-corrected chi connectivity index (χ1v) is 26.2. The summed E-state index contributed by atoms with van der Waals surface area (Å²) in [6, 6.07) is 13.4. The van der Waals surface area contributed by atoms with Crippen LogP contribution in [0.4, 0.5) is 11.6 Å². The number of ether oxygens (including phenoxy) is 5. The van der Waals surface area contributed by atoms with Crippen molar-refractivity contribution in [2.45, 2.75) is 107 Å². The third-order valence-electron chi connectivity index (χ3n) is 16.6. The van der Waals surface area contributed by atoms with E-state index < -0.39 is 11.5 Å². The average Bonchev–Trinajstić information content (AvgIpc) is 4.22. The number of hydrogen-bond acceptors (Lipinski definition) is 14. The van der Waals surface area contributed by atoms with E-state index in [4.69, 9.17) is 44.4 Å². The van der Waals surface area contributed by atoms with Gasteiger partial charge in [-0.2, -0.15) is 0 Å². The van der Waals surface area contributed by atoms with Gasteiger partial charge < -0.3 is 58.8 Å². The minimum absolute atomic E-state index is 0.107. The lowest BCUT2D eigenvalue weighted by Crippen LogP contribution is -2.50. The maximum Gasteiger partial charge on any atom is 0.203 e. The number of nitrogens with two attached hydrogens (primary N) is 1. The zero-order chi connectivity index (χ0) is 48.8. The number of nitrogens with zero attached hydrogens (tertiary/aromatic N) is 8. The zero-order valence-corrected chi connectivity index (χ0v) is 42.3. The van der Waals surface area contributed by atoms with Crippen molar-refractivity contribution in [1.82, 2.24) is 33.8 Å². The number of benzene rings is 3. The molecule has 5 fully saturated rings. The molecule has 4 aliphatic heterocycles. The van der Waals surface area contributed by atoms with E-state index in [2.05, 4.69) is 72.2 Å². The topological polar surface area (TPSA) is 162 Å². The normalized spacial score (nSPS) is 23.9. The molecule has 2 aromatic heterocycles. The summed E-state index contributed by atoms with van der Waals surface area (Å²) in [6.07, 6.45) is 11.7. The number of aliphatic imine (C=N–C) groups is 1. The van der Waals surface area contributed by atoms with Crippen LogP contribution in [0.5, 0.6) is 28.7 Å². The molecule has 0 bridgehead atoms. The van der Waals surface area contributed by atoms with Crippen LogP contribution >= 0.6 is 0 Å². The van der Waals surface area contributed by atoms with E-state index in [-0.39, 0.29) is 12.6 Å². The minimum Gasteiger partial charge on any atom is -0.495 e. The quantitative estimate of drug-likeness (QED) is 0.0598. The second kappa shape index (κ2) is 20.1. The van der Waals surface area contributed by atoms with Crippen LogP contribution in [-0.2, 0) is 5.41 Å². The molecular weight excluding hydrogens is 897 g/mol. The Hall–Kier alpha value is -5.73. The molecule has 71 heavy (non-hydrogen) atoms. The van der Waals surface area contributed by atoms with E-state index >= 15 is 0 Å². The van der Waals surface area contributed by atoms with E-state index in [1.165, 1.54) is 51.4 Å². The van der Waals surface area contributed by atoms with Gasteiger partial charge in [0.1, 0.15) is 30.1 Å². The van der Waals surface area contributed by atoms with Gasteiger partial charge in [0.15, 0.2) is 23.0 Å². The molecule has 1 spiro atoms. The Balaban J connectivity index is 0.698. The van der Waals surface area contributed by atoms with Crippen LogP contribution in [0.3, 0.4) is 0 Å². The molecule has 6 aliphatic rings. The molecule has 2 saturated carbocycles. The lowest BCUT2D eigenvalue weighted by Gasteiger charge is -2.46. The molecule has 2 unspecified atom stereocenters. The molecule has 0 radical (unpaired) electrons. The maximum absolute atomic E-state index is 10.6. The number of methoxy groups -OCH3 is 3. The number of rotatable bonds is 18. The second-order valence-electron chi connectivity index (χ2n) is 20.9. The monoisotopic (exact) mass is 969 g/mol. The molecule has 3 aromatic carbocycles. The summed E-state index contributed by atoms with van der Waals surface area (Å²) in [4.78, 5) is 22.3. The number of nitrogens with one attached hydrogen (secondary N) is 1. The number of aliphatic hydroxyl groups excluding tert-OH is 1. The number of amidine groups is 1. The molecule has 0 amide bonds. The van der Waals surface area contributed by atoms with Crippen molar-refractivity contribution in [2.75, 3.05) is 99.3 Å². The van der Waals surface area contributed by atoms with Gasteiger partial charge in [-0.3, -0.25) is 4.90 Å². The highest BCUT2D eigenvalue weighted by molar-refractivity contribution is 6.01. The molecule has 16 heteroatoms. The molecule has 5 aromatic rings. The fourth-order valence-corrected chi connectivity index (χ4v) is 12.9. The zero-order valence-electron chi connectivity index (χ0n) is 42.3. The lowest BCUT2D eigenvalue weighted by atomic mass is 9.61. The third kappa shape index (κ3) is 9.01. The average molecular weight is 969 g/mol. The van der Waals surface area contributed by atoms with Gasteiger partial charge in [-0.05, 0) is 115 Å². The van der Waals surface area contributed by atoms with Gasteiger partial charge in [0, 0.05) is 69.1 Å². The first-order chi connectivity index (χ1) is 34.7. The molecule has 3 atom stereocenters. The Kier molecular flexibility index (Phi) is 13.4. The number of likely N-dealkylation sites (tertiary alicyclic amines) is 3. The van der Waals surface area contributed by atoms with E-state index in [1.54, 1.807) is 21.3 Å². The molecular formula is C55H72N10O6. The molecule has 378 valence electrons. The summed E-state index contributed by atoms with van der Waals surface area (Å²) in [7, 11) is 6.98. The fraction of sp³-hybridized carbons (Fsp3) is 0.582. The lowest BCUT2D eigenvalue weighted by molar-refractivity contribution is 0.0460. The van der Waals surface area contributed by atoms with Crippen LogP contribution in [0.1, 0.15) is 99.7 Å². The van der Waals surface area contributed by atoms with Crippen molar-refractivity contribution in [1.29, 1.82) is 0 Å². The number of aromatic nitrogens is 4. The minimum atomic E-state index is -0.585. The highest BCUT2D eigenvalue weighted by Gasteiger charge is 2.54. The molecule has 4 N–H and O–H groups in total. The van der Waals surface area contributed by atoms with Gasteiger partial charge in [-0.1, -0.05) is 24.7 Å². The van der Waals surface area contributed by atoms with Crippen LogP contribution in [-0.4, -0.2) is 151 Å². The van der Waals surface area contributed by atoms with Crippen molar-refractivity contribution in [2.24, 2.45) is 16.6 Å². The van der Waals surface area contributed by atoms with Crippen molar-refractivity contribution < 1.29 is 28.8 Å². The number of aliphatic hydroxyl groups is 1. The van der Waals surface area contributed by atoms with E-state index in [0.29, 0.717) is 48.5 Å². The molecule has 6 heterocycles. The van der Waals surface area contributed by atoms with Gasteiger partial charge in [-0.15, -0.1) is 0 Å². The Morgan fingerprint density at radius 1 is 0.789 bits per heavy atom. The van der Waals surface area contributed by atoms with Gasteiger partial charge in [0.25, 0.3) is 0 Å². The standard InChI is InChI=1S/C55H72N10O6/c1-35-58-43-26-51(49(68-4)28-46(43)64(35)38-13-6-7-14-38)70-23-11-19-62-22-16-37(32-62)45-15-9-21-63(45)20-8-12-36-24-42-41(25-48(36)67-3)55(53(56)59-42)30-39(31-55)65-47-29-50(69-5)52(27-44(47)60-54(65)57-2)71-34-40(66)33-61-17-10-18-61/h24-29,37-40,45,66H,6-7,9-11,13-23,30-34H2,1-5H3,(H2,56,59)(H,57,60)/t37?,39?,40-,45?,55?/m1/s1. The predicted octanol–water partition coefficient (Wildman–Crippen LogP) is 7.20. The highest BCUT2D eigenvalue weighted by Crippen LogP contribution is 2.58. The first kappa shape index (κ1) is 47.6. The van der Waals surface area contributed by atoms with Crippen molar-refractivity contribution in [3.05, 3.63) is 53.3 Å². The Labute approximate surface area is 417 Å². The van der Waals surface area contributed by atoms with Gasteiger partial charge in [0.2, 0.25) is 5.95 Å². The largest absolute Gasteiger partial charge is 0.495 e. The van der Waals surface area contributed by atoms with Gasteiger partial charge >= 0.3 is 0 Å². The Bertz CT molecular complexity index is 2850. The summed E-state index contributed by atoms with van der Waals surface area (Å²) in [5.74, 6) is 13.6. The van der Waals surface area contributed by atoms with E-state index in [1.807, 2.05) is 19.2 Å². The second-order valence-corrected chi connectivity index (χ2v) is 20.9. The maximum atomic E-state index is 10.6. The fourth-order valence-electron chi connectivity index (χ4n) is 12.9. The summed E-state index contributed by atoms with van der Waals surface area (Å²) in [5.41, 5.74) is 13.1. The molecule has 3 saturated heterocycles. The van der Waals surface area contributed by atoms with Gasteiger partial charge in [0.05, 0.1) is 73.2 Å². The van der Waals surface area contributed by atoms with Crippen molar-refractivity contribution in [3.8, 4) is 40.6 Å². The predicted molar refractivity (Wildman–Crippen MR) is 277 cm³/mol. The van der Waals surface area contributed by atoms with Crippen LogP contribution in [0.2, 0.25) is 0 Å². The van der Waals surface area contributed by atoms with E-state index in [9.17, 15) is 5.11 Å². The van der Waals surface area contributed by atoms with Gasteiger partial charge in [-0.25, -0.2) is 15.0 Å². The summed E-state index contributed by atoms with van der Waals surface area (Å²) >= 11 is 0. The molecule has 16 nitrogen and oxygen atoms in total. The molecule has 11 rings (SSSR count). The Morgan fingerprint density at radius 3 is 2.24 bits per heavy atom. The van der Waals surface area contributed by atoms with Crippen LogP contribution in [0, 0.1) is 24.7 Å². The van der Waals surface area contributed by atoms with Crippen LogP contribution in [0.25, 0.3) is 22.1 Å². The number of fused-ring (bicyclic) bond motifs is 4. The number of β-amino-alcohol motifs (C(OH)–C–C–N with tert-alkyl or cyclic N) is 1. The summed E-state index contributed by atoms with van der Waals surface area (Å²) in [6.45, 7) is 10.6. The molecule has 2 aliphatic carbocycles. The number of hydrogen-bond donors (Lipinski definition) is 3. The van der Waals surface area contributed by atoms with Crippen LogP contribution < -0.4 is 34.7 Å². The summed E-state index contributed by atoms with van der Waals surface area (Å²) in [5, 5.41) is 13.9. The highest BCUT2D eigenvalue weighted by atomic mass is 16.5.